The summed E-state index contributed by atoms with van der Waals surface area (Å²) in [4.78, 5) is 0.226. The lowest BCUT2D eigenvalue weighted by atomic mass is 10.1. The molecule has 0 aliphatic carbocycles. The fourth-order valence-corrected chi connectivity index (χ4v) is 5.63. The monoisotopic (exact) mass is 472 g/mol. The van der Waals surface area contributed by atoms with Crippen LogP contribution in [-0.2, 0) is 14.8 Å². The van der Waals surface area contributed by atoms with Gasteiger partial charge in [-0.25, -0.2) is 12.7 Å². The maximum atomic E-state index is 12.7. The molecule has 1 aliphatic rings. The summed E-state index contributed by atoms with van der Waals surface area (Å²) in [6.07, 6.45) is 3.59. The molecule has 2 aromatic carbocycles. The largest absolute Gasteiger partial charge is 0.377 e. The van der Waals surface area contributed by atoms with Crippen LogP contribution in [0.5, 0.6) is 0 Å². The second kappa shape index (κ2) is 9.74. The van der Waals surface area contributed by atoms with Crippen LogP contribution in [-0.4, -0.2) is 60.0 Å². The molecule has 1 unspecified atom stereocenters. The molecule has 0 radical (unpaired) electrons. The predicted molar refractivity (Wildman–Crippen MR) is 127 cm³/mol. The molecule has 32 heavy (non-hydrogen) atoms. The molecule has 0 saturated carbocycles. The number of hydrogen-bond donors (Lipinski definition) is 0. The Bertz CT molecular complexity index is 1190. The van der Waals surface area contributed by atoms with Crippen molar-refractivity contribution in [1.82, 2.24) is 19.1 Å². The van der Waals surface area contributed by atoms with Gasteiger partial charge in [-0.15, -0.1) is 10.2 Å². The van der Waals surface area contributed by atoms with E-state index in [-0.39, 0.29) is 11.0 Å². The van der Waals surface area contributed by atoms with Crippen molar-refractivity contribution in [2.75, 3.05) is 26.5 Å². The number of hydrogen-bond acceptors (Lipinski definition) is 6. The van der Waals surface area contributed by atoms with Gasteiger partial charge in [0.2, 0.25) is 10.0 Å². The Kier molecular flexibility index (Phi) is 6.99. The van der Waals surface area contributed by atoms with Crippen molar-refractivity contribution in [3.8, 4) is 17.1 Å². The second-order valence-corrected chi connectivity index (χ2v) is 11.2. The van der Waals surface area contributed by atoms with Crippen LogP contribution in [0.25, 0.3) is 17.1 Å². The molecule has 0 N–H and O–H groups in total. The van der Waals surface area contributed by atoms with Gasteiger partial charge < -0.3 is 4.74 Å². The molecule has 0 amide bonds. The second-order valence-electron chi connectivity index (χ2n) is 8.10. The molecule has 0 spiro atoms. The number of benzene rings is 2. The Hall–Kier alpha value is -2.20. The summed E-state index contributed by atoms with van der Waals surface area (Å²) in [6.45, 7) is 2.86. The Balaban J connectivity index is 1.75. The third kappa shape index (κ3) is 4.91. The third-order valence-electron chi connectivity index (χ3n) is 5.44. The van der Waals surface area contributed by atoms with E-state index >= 15 is 0 Å². The Morgan fingerprint density at radius 3 is 2.66 bits per heavy atom. The SMILES string of the molecule is Cc1cccc(-n2c(SCC3CCCCO3)nnc2-c2cccc(S(=O)(=O)N(C)C)c2)c1. The van der Waals surface area contributed by atoms with Crippen molar-refractivity contribution < 1.29 is 13.2 Å². The van der Waals surface area contributed by atoms with Crippen molar-refractivity contribution in [3.05, 3.63) is 54.1 Å². The number of nitrogens with zero attached hydrogens (tertiary/aromatic N) is 4. The zero-order chi connectivity index (χ0) is 22.7. The topological polar surface area (TPSA) is 77.3 Å². The highest BCUT2D eigenvalue weighted by Crippen LogP contribution is 2.31. The molecule has 4 rings (SSSR count). The Labute approximate surface area is 193 Å². The van der Waals surface area contributed by atoms with E-state index in [0.29, 0.717) is 11.4 Å². The van der Waals surface area contributed by atoms with Crippen molar-refractivity contribution >= 4 is 21.8 Å². The van der Waals surface area contributed by atoms with Crippen molar-refractivity contribution in [3.63, 3.8) is 0 Å². The Morgan fingerprint density at radius 1 is 1.12 bits per heavy atom. The summed E-state index contributed by atoms with van der Waals surface area (Å²) in [5, 5.41) is 9.70. The minimum atomic E-state index is -3.56. The van der Waals surface area contributed by atoms with E-state index in [1.165, 1.54) is 24.8 Å². The first-order valence-corrected chi connectivity index (χ1v) is 13.1. The van der Waals surface area contributed by atoms with Gasteiger partial charge in [-0.1, -0.05) is 36.0 Å². The number of aryl methyl sites for hydroxylation is 1. The zero-order valence-electron chi connectivity index (χ0n) is 18.6. The number of thioether (sulfide) groups is 1. The normalized spacial score (nSPS) is 17.1. The fraction of sp³-hybridized carbons (Fsp3) is 0.391. The van der Waals surface area contributed by atoms with Crippen molar-refractivity contribution in [2.24, 2.45) is 0 Å². The summed E-state index contributed by atoms with van der Waals surface area (Å²) in [6, 6.07) is 15.0. The van der Waals surface area contributed by atoms with Crippen molar-refractivity contribution in [2.45, 2.75) is 42.3 Å². The third-order valence-corrected chi connectivity index (χ3v) is 8.31. The van der Waals surface area contributed by atoms with Gasteiger partial charge in [0.05, 0.1) is 11.0 Å². The molecule has 2 heterocycles. The van der Waals surface area contributed by atoms with Crippen LogP contribution in [0.1, 0.15) is 24.8 Å². The first-order chi connectivity index (χ1) is 15.4. The number of rotatable bonds is 7. The number of aromatic nitrogens is 3. The van der Waals surface area contributed by atoms with Gasteiger partial charge in [-0.05, 0) is 56.0 Å². The average molecular weight is 473 g/mol. The molecular formula is C23H28N4O3S2. The van der Waals surface area contributed by atoms with Crippen LogP contribution in [0.3, 0.4) is 0 Å². The van der Waals surface area contributed by atoms with Gasteiger partial charge in [0.1, 0.15) is 0 Å². The maximum Gasteiger partial charge on any atom is 0.242 e. The highest BCUT2D eigenvalue weighted by Gasteiger charge is 2.22. The molecule has 0 bridgehead atoms. The lowest BCUT2D eigenvalue weighted by molar-refractivity contribution is 0.0315. The molecule has 1 saturated heterocycles. The molecule has 7 nitrogen and oxygen atoms in total. The van der Waals surface area contributed by atoms with E-state index in [1.807, 2.05) is 35.8 Å². The molecule has 1 atom stereocenters. The summed E-state index contributed by atoms with van der Waals surface area (Å²) >= 11 is 1.62. The van der Waals surface area contributed by atoms with Gasteiger partial charge in [-0.2, -0.15) is 0 Å². The zero-order valence-corrected chi connectivity index (χ0v) is 20.2. The van der Waals surface area contributed by atoms with Crippen molar-refractivity contribution in [1.29, 1.82) is 0 Å². The minimum absolute atomic E-state index is 0.216. The summed E-state index contributed by atoms with van der Waals surface area (Å²) in [5.74, 6) is 1.41. The smallest absolute Gasteiger partial charge is 0.242 e. The van der Waals surface area contributed by atoms with Crippen LogP contribution in [0.2, 0.25) is 0 Å². The summed E-state index contributed by atoms with van der Waals surface area (Å²) < 4.78 is 34.4. The lowest BCUT2D eigenvalue weighted by Gasteiger charge is -2.22. The maximum absolute atomic E-state index is 12.7. The molecule has 3 aromatic rings. The highest BCUT2D eigenvalue weighted by molar-refractivity contribution is 7.99. The molecule has 1 aliphatic heterocycles. The van der Waals surface area contributed by atoms with Crippen LogP contribution in [0.4, 0.5) is 0 Å². The van der Waals surface area contributed by atoms with Gasteiger partial charge >= 0.3 is 0 Å². The van der Waals surface area contributed by atoms with E-state index in [0.717, 1.165) is 41.6 Å². The van der Waals surface area contributed by atoms with E-state index in [4.69, 9.17) is 4.74 Å². The van der Waals surface area contributed by atoms with Gasteiger partial charge in [0, 0.05) is 37.7 Å². The molecule has 1 fully saturated rings. The Morgan fingerprint density at radius 2 is 1.94 bits per heavy atom. The van der Waals surface area contributed by atoms with E-state index in [9.17, 15) is 8.42 Å². The molecular weight excluding hydrogens is 444 g/mol. The fourth-order valence-electron chi connectivity index (χ4n) is 3.66. The van der Waals surface area contributed by atoms with Crippen LogP contribution in [0.15, 0.2) is 58.6 Å². The predicted octanol–water partition coefficient (Wildman–Crippen LogP) is 4.15. The number of sulfonamides is 1. The minimum Gasteiger partial charge on any atom is -0.377 e. The highest BCUT2D eigenvalue weighted by atomic mass is 32.2. The molecule has 170 valence electrons. The van der Waals surface area contributed by atoms with Crippen LogP contribution < -0.4 is 0 Å². The van der Waals surface area contributed by atoms with Gasteiger partial charge in [-0.3, -0.25) is 4.57 Å². The first-order valence-electron chi connectivity index (χ1n) is 10.7. The first kappa shape index (κ1) is 23.0. The van der Waals surface area contributed by atoms with Gasteiger partial charge in [0.15, 0.2) is 11.0 Å². The van der Waals surface area contributed by atoms with E-state index in [2.05, 4.69) is 16.3 Å². The van der Waals surface area contributed by atoms with Crippen LogP contribution >= 0.6 is 11.8 Å². The number of ether oxygens (including phenoxy) is 1. The van der Waals surface area contributed by atoms with Gasteiger partial charge in [0.25, 0.3) is 0 Å². The molecule has 9 heteroatoms. The standard InChI is InChI=1S/C23H28N4O3S2/c1-17-8-6-10-19(14-17)27-22(18-9-7-12-21(15-18)32(28,29)26(2)3)24-25-23(27)31-16-20-11-4-5-13-30-20/h6-10,12,14-15,20H,4-5,11,13,16H2,1-3H3. The summed E-state index contributed by atoms with van der Waals surface area (Å²) in [7, 11) is -0.501. The average Bonchev–Trinajstić information content (AvgIpc) is 3.22. The quantitative estimate of drug-likeness (QED) is 0.481. The summed E-state index contributed by atoms with van der Waals surface area (Å²) in [5.41, 5.74) is 2.76. The van der Waals surface area contributed by atoms with E-state index < -0.39 is 10.0 Å². The van der Waals surface area contributed by atoms with Crippen LogP contribution in [0, 0.1) is 6.92 Å². The molecule has 1 aromatic heterocycles. The lowest BCUT2D eigenvalue weighted by Crippen LogP contribution is -2.22. The van der Waals surface area contributed by atoms with E-state index in [1.54, 1.807) is 30.0 Å².